The summed E-state index contributed by atoms with van der Waals surface area (Å²) < 4.78 is 0.848. The lowest BCUT2D eigenvalue weighted by Gasteiger charge is -2.04. The normalized spacial score (nSPS) is 10.1. The van der Waals surface area contributed by atoms with Crippen LogP contribution in [0.4, 0.5) is 0 Å². The standard InChI is InChI=1S/C9H10BrClN2OS/c10-6-3-7(13-8(11)4-6)5-12-9(14)1-2-15/h3-4,15H,1-2,5H2,(H,12,14). The van der Waals surface area contributed by atoms with Crippen LogP contribution >= 0.6 is 40.2 Å². The number of halogens is 2. The molecule has 3 nitrogen and oxygen atoms in total. The highest BCUT2D eigenvalue weighted by Crippen LogP contribution is 2.15. The molecule has 1 amide bonds. The van der Waals surface area contributed by atoms with E-state index in [2.05, 4.69) is 38.9 Å². The third-order valence-electron chi connectivity index (χ3n) is 1.62. The van der Waals surface area contributed by atoms with Gasteiger partial charge >= 0.3 is 0 Å². The molecule has 1 aromatic heterocycles. The number of amides is 1. The Hall–Kier alpha value is -0.260. The number of aromatic nitrogens is 1. The highest BCUT2D eigenvalue weighted by atomic mass is 79.9. The average Bonchev–Trinajstić information content (AvgIpc) is 2.14. The monoisotopic (exact) mass is 308 g/mol. The van der Waals surface area contributed by atoms with Crippen LogP contribution in [0.1, 0.15) is 12.1 Å². The fraction of sp³-hybridized carbons (Fsp3) is 0.333. The second-order valence-electron chi connectivity index (χ2n) is 2.85. The molecular weight excluding hydrogens is 300 g/mol. The van der Waals surface area contributed by atoms with Gasteiger partial charge in [0.05, 0.1) is 12.2 Å². The van der Waals surface area contributed by atoms with Gasteiger partial charge in [0.15, 0.2) is 0 Å². The fourth-order valence-electron chi connectivity index (χ4n) is 0.986. The summed E-state index contributed by atoms with van der Waals surface area (Å²) in [5, 5.41) is 3.13. The van der Waals surface area contributed by atoms with Crippen LogP contribution in [0, 0.1) is 0 Å². The molecule has 0 fully saturated rings. The van der Waals surface area contributed by atoms with Crippen LogP contribution < -0.4 is 5.32 Å². The van der Waals surface area contributed by atoms with Crippen LogP contribution in [0.3, 0.4) is 0 Å². The van der Waals surface area contributed by atoms with Crippen molar-refractivity contribution in [3.05, 3.63) is 27.5 Å². The number of pyridine rings is 1. The van der Waals surface area contributed by atoms with Crippen molar-refractivity contribution in [3.8, 4) is 0 Å². The molecule has 1 aromatic rings. The minimum absolute atomic E-state index is 0.0390. The third kappa shape index (κ3) is 4.86. The molecule has 0 bridgehead atoms. The molecule has 0 aliphatic heterocycles. The molecule has 82 valence electrons. The Bertz CT molecular complexity index is 342. The van der Waals surface area contributed by atoms with Crippen molar-refractivity contribution < 1.29 is 4.79 Å². The third-order valence-corrected chi connectivity index (χ3v) is 2.49. The predicted molar refractivity (Wildman–Crippen MR) is 67.3 cm³/mol. The molecular formula is C9H10BrClN2OS. The van der Waals surface area contributed by atoms with E-state index in [-0.39, 0.29) is 5.91 Å². The Morgan fingerprint density at radius 1 is 1.60 bits per heavy atom. The quantitative estimate of drug-likeness (QED) is 0.662. The Balaban J connectivity index is 2.54. The van der Waals surface area contributed by atoms with Gasteiger partial charge in [-0.15, -0.1) is 0 Å². The van der Waals surface area contributed by atoms with Crippen LogP contribution in [-0.2, 0) is 11.3 Å². The summed E-state index contributed by atoms with van der Waals surface area (Å²) in [5.74, 6) is 0.501. The summed E-state index contributed by atoms with van der Waals surface area (Å²) in [6.07, 6.45) is 0.408. The molecule has 0 aliphatic carbocycles. The smallest absolute Gasteiger partial charge is 0.221 e. The van der Waals surface area contributed by atoms with Gasteiger partial charge in [0.25, 0.3) is 0 Å². The first-order valence-electron chi connectivity index (χ1n) is 4.31. The van der Waals surface area contributed by atoms with E-state index in [1.54, 1.807) is 6.07 Å². The van der Waals surface area contributed by atoms with E-state index in [0.29, 0.717) is 23.9 Å². The van der Waals surface area contributed by atoms with E-state index >= 15 is 0 Å². The number of hydrogen-bond donors (Lipinski definition) is 2. The maximum atomic E-state index is 11.2. The summed E-state index contributed by atoms with van der Waals surface area (Å²) in [7, 11) is 0. The van der Waals surface area contributed by atoms with Crippen molar-refractivity contribution in [3.63, 3.8) is 0 Å². The molecule has 15 heavy (non-hydrogen) atoms. The van der Waals surface area contributed by atoms with Crippen molar-refractivity contribution in [1.29, 1.82) is 0 Å². The Morgan fingerprint density at radius 2 is 2.33 bits per heavy atom. The number of carbonyl (C=O) groups excluding carboxylic acids is 1. The molecule has 0 radical (unpaired) electrons. The number of nitrogens with one attached hydrogen (secondary N) is 1. The van der Waals surface area contributed by atoms with Gasteiger partial charge in [-0.3, -0.25) is 4.79 Å². The zero-order chi connectivity index (χ0) is 11.3. The Morgan fingerprint density at radius 3 is 2.93 bits per heavy atom. The molecule has 0 unspecified atom stereocenters. The van der Waals surface area contributed by atoms with Gasteiger partial charge in [-0.25, -0.2) is 4.98 Å². The predicted octanol–water partition coefficient (Wildman–Crippen LogP) is 2.43. The second kappa shape index (κ2) is 6.35. The Labute approximate surface area is 107 Å². The maximum absolute atomic E-state index is 11.2. The molecule has 0 spiro atoms. The number of nitrogens with zero attached hydrogens (tertiary/aromatic N) is 1. The SMILES string of the molecule is O=C(CCS)NCc1cc(Br)cc(Cl)n1. The highest BCUT2D eigenvalue weighted by Gasteiger charge is 2.02. The van der Waals surface area contributed by atoms with Gasteiger partial charge in [0.1, 0.15) is 5.15 Å². The van der Waals surface area contributed by atoms with Gasteiger partial charge in [-0.1, -0.05) is 27.5 Å². The van der Waals surface area contributed by atoms with E-state index < -0.39 is 0 Å². The van der Waals surface area contributed by atoms with Gasteiger partial charge in [0.2, 0.25) is 5.91 Å². The van der Waals surface area contributed by atoms with E-state index in [1.807, 2.05) is 6.07 Å². The molecule has 0 saturated heterocycles. The van der Waals surface area contributed by atoms with Crippen molar-refractivity contribution in [2.24, 2.45) is 0 Å². The van der Waals surface area contributed by atoms with E-state index in [1.165, 1.54) is 0 Å². The number of hydrogen-bond acceptors (Lipinski definition) is 3. The van der Waals surface area contributed by atoms with Gasteiger partial charge in [0, 0.05) is 10.9 Å². The van der Waals surface area contributed by atoms with Crippen molar-refractivity contribution in [1.82, 2.24) is 10.3 Å². The number of thiol groups is 1. The average molecular weight is 310 g/mol. The number of rotatable bonds is 4. The summed E-state index contributed by atoms with van der Waals surface area (Å²) in [6, 6.07) is 3.51. The first kappa shape index (κ1) is 12.8. The van der Waals surface area contributed by atoms with Crippen LogP contribution in [0.25, 0.3) is 0 Å². The lowest BCUT2D eigenvalue weighted by Crippen LogP contribution is -2.23. The zero-order valence-corrected chi connectivity index (χ0v) is 11.1. The first-order valence-corrected chi connectivity index (χ1v) is 6.11. The molecule has 0 aliphatic rings. The fourth-order valence-corrected chi connectivity index (χ4v) is 2.03. The van der Waals surface area contributed by atoms with E-state index in [4.69, 9.17) is 11.6 Å². The molecule has 0 aromatic carbocycles. The summed E-state index contributed by atoms with van der Waals surface area (Å²) in [6.45, 7) is 0.381. The lowest BCUT2D eigenvalue weighted by molar-refractivity contribution is -0.120. The first-order chi connectivity index (χ1) is 7.11. The highest BCUT2D eigenvalue weighted by molar-refractivity contribution is 9.10. The van der Waals surface area contributed by atoms with Crippen LogP contribution in [0.15, 0.2) is 16.6 Å². The Kier molecular flexibility index (Phi) is 5.42. The lowest BCUT2D eigenvalue weighted by atomic mass is 10.3. The molecule has 1 rings (SSSR count). The summed E-state index contributed by atoms with van der Waals surface area (Å²) in [5.41, 5.74) is 0.724. The van der Waals surface area contributed by atoms with Crippen molar-refractivity contribution >= 4 is 46.1 Å². The summed E-state index contributed by atoms with van der Waals surface area (Å²) >= 11 is 13.0. The van der Waals surface area contributed by atoms with Gasteiger partial charge < -0.3 is 5.32 Å². The number of carbonyl (C=O) groups is 1. The van der Waals surface area contributed by atoms with Gasteiger partial charge in [-0.2, -0.15) is 12.6 Å². The van der Waals surface area contributed by atoms with Crippen LogP contribution in [0.2, 0.25) is 5.15 Å². The molecule has 0 atom stereocenters. The van der Waals surface area contributed by atoms with Crippen molar-refractivity contribution in [2.75, 3.05) is 5.75 Å². The topological polar surface area (TPSA) is 42.0 Å². The van der Waals surface area contributed by atoms with Crippen molar-refractivity contribution in [2.45, 2.75) is 13.0 Å². The van der Waals surface area contributed by atoms with E-state index in [0.717, 1.165) is 10.2 Å². The van der Waals surface area contributed by atoms with Crippen LogP contribution in [-0.4, -0.2) is 16.6 Å². The largest absolute Gasteiger partial charge is 0.350 e. The van der Waals surface area contributed by atoms with Crippen LogP contribution in [0.5, 0.6) is 0 Å². The summed E-state index contributed by atoms with van der Waals surface area (Å²) in [4.78, 5) is 15.2. The molecule has 1 N–H and O–H groups in total. The van der Waals surface area contributed by atoms with E-state index in [9.17, 15) is 4.79 Å². The zero-order valence-electron chi connectivity index (χ0n) is 7.83. The molecule has 6 heteroatoms. The van der Waals surface area contributed by atoms with Gasteiger partial charge in [-0.05, 0) is 17.9 Å². The minimum Gasteiger partial charge on any atom is -0.350 e. The molecule has 1 heterocycles. The second-order valence-corrected chi connectivity index (χ2v) is 4.60. The molecule has 0 saturated carbocycles. The minimum atomic E-state index is -0.0390. The maximum Gasteiger partial charge on any atom is 0.221 e.